The third-order valence-corrected chi connectivity index (χ3v) is 7.31. The summed E-state index contributed by atoms with van der Waals surface area (Å²) in [6.45, 7) is 2.42. The molecule has 1 saturated carbocycles. The van der Waals surface area contributed by atoms with Crippen LogP contribution in [0.5, 0.6) is 0 Å². The molecule has 1 heterocycles. The molecule has 24 heavy (non-hydrogen) atoms. The minimum Gasteiger partial charge on any atom is -0.324 e. The fourth-order valence-electron chi connectivity index (χ4n) is 3.61. The first-order valence-electron chi connectivity index (χ1n) is 8.49. The Morgan fingerprint density at radius 1 is 1.29 bits per heavy atom. The normalized spacial score (nSPS) is 21.8. The number of sulfonamides is 1. The molecular weight excluding hydrogens is 348 g/mol. The van der Waals surface area contributed by atoms with Crippen molar-refractivity contribution in [2.45, 2.75) is 39.0 Å². The molecule has 0 radical (unpaired) electrons. The van der Waals surface area contributed by atoms with E-state index >= 15 is 0 Å². The van der Waals surface area contributed by atoms with Crippen LogP contribution in [0.15, 0.2) is 18.2 Å². The number of carbonyl (C=O) groups excluding carboxylic acids is 1. The molecule has 1 aromatic rings. The van der Waals surface area contributed by atoms with Crippen LogP contribution in [-0.2, 0) is 14.8 Å². The molecule has 1 atom stereocenters. The van der Waals surface area contributed by atoms with Gasteiger partial charge in [-0.1, -0.05) is 31.4 Å². The number of carbonyl (C=O) groups is 1. The van der Waals surface area contributed by atoms with Crippen molar-refractivity contribution in [2.24, 2.45) is 11.8 Å². The van der Waals surface area contributed by atoms with E-state index in [4.69, 9.17) is 11.6 Å². The van der Waals surface area contributed by atoms with Gasteiger partial charge in [0.15, 0.2) is 0 Å². The van der Waals surface area contributed by atoms with Gasteiger partial charge in [0.25, 0.3) is 0 Å². The van der Waals surface area contributed by atoms with E-state index in [2.05, 4.69) is 5.32 Å². The zero-order chi connectivity index (χ0) is 17.3. The van der Waals surface area contributed by atoms with Crippen molar-refractivity contribution in [2.75, 3.05) is 21.9 Å². The second-order valence-corrected chi connectivity index (χ2v) is 9.15. The van der Waals surface area contributed by atoms with Crippen LogP contribution in [0.3, 0.4) is 0 Å². The van der Waals surface area contributed by atoms with E-state index in [9.17, 15) is 13.2 Å². The Bertz CT molecular complexity index is 729. The summed E-state index contributed by atoms with van der Waals surface area (Å²) in [5.41, 5.74) is 1.03. The first kappa shape index (κ1) is 17.5. The molecule has 0 spiro atoms. The van der Waals surface area contributed by atoms with Gasteiger partial charge in [-0.3, -0.25) is 9.10 Å². The summed E-state index contributed by atoms with van der Waals surface area (Å²) in [6.07, 6.45) is 5.17. The Hall–Kier alpha value is -1.27. The van der Waals surface area contributed by atoms with Crippen LogP contribution in [0.4, 0.5) is 11.4 Å². The largest absolute Gasteiger partial charge is 0.324 e. The number of hydrogen-bond donors (Lipinski definition) is 1. The first-order chi connectivity index (χ1) is 11.4. The Labute approximate surface area is 148 Å². The molecule has 1 aromatic carbocycles. The Morgan fingerprint density at radius 3 is 2.62 bits per heavy atom. The van der Waals surface area contributed by atoms with Crippen molar-refractivity contribution in [3.63, 3.8) is 0 Å². The van der Waals surface area contributed by atoms with Crippen LogP contribution in [0.25, 0.3) is 0 Å². The third-order valence-electron chi connectivity index (χ3n) is 5.12. The van der Waals surface area contributed by atoms with E-state index in [1.54, 1.807) is 18.2 Å². The van der Waals surface area contributed by atoms with Crippen LogP contribution < -0.4 is 9.62 Å². The molecule has 0 bridgehead atoms. The summed E-state index contributed by atoms with van der Waals surface area (Å²) < 4.78 is 25.5. The van der Waals surface area contributed by atoms with Gasteiger partial charge >= 0.3 is 0 Å². The highest BCUT2D eigenvalue weighted by Crippen LogP contribution is 2.34. The minimum absolute atomic E-state index is 0.0507. The Morgan fingerprint density at radius 2 is 2.00 bits per heavy atom. The molecule has 1 aliphatic carbocycles. The third kappa shape index (κ3) is 3.54. The lowest BCUT2D eigenvalue weighted by Crippen LogP contribution is -2.27. The van der Waals surface area contributed by atoms with Crippen LogP contribution in [0.1, 0.15) is 39.0 Å². The van der Waals surface area contributed by atoms with Gasteiger partial charge in [0.1, 0.15) is 0 Å². The summed E-state index contributed by atoms with van der Waals surface area (Å²) in [6, 6.07) is 4.98. The van der Waals surface area contributed by atoms with Gasteiger partial charge < -0.3 is 5.32 Å². The Balaban J connectivity index is 1.78. The zero-order valence-electron chi connectivity index (χ0n) is 13.8. The van der Waals surface area contributed by atoms with Gasteiger partial charge in [-0.05, 0) is 43.4 Å². The van der Waals surface area contributed by atoms with Gasteiger partial charge in [0.2, 0.25) is 15.9 Å². The van der Waals surface area contributed by atoms with Crippen molar-refractivity contribution < 1.29 is 13.2 Å². The maximum Gasteiger partial charge on any atom is 0.235 e. The molecule has 1 saturated heterocycles. The van der Waals surface area contributed by atoms with Crippen molar-refractivity contribution in [1.82, 2.24) is 0 Å². The molecule has 132 valence electrons. The lowest BCUT2D eigenvalue weighted by molar-refractivity contribution is -0.120. The maximum atomic E-state index is 12.5. The molecular formula is C17H23ClN2O3S. The molecule has 2 fully saturated rings. The molecule has 1 amide bonds. The summed E-state index contributed by atoms with van der Waals surface area (Å²) in [5, 5.41) is 3.30. The lowest BCUT2D eigenvalue weighted by atomic mass is 9.92. The second-order valence-electron chi connectivity index (χ2n) is 6.73. The number of anilines is 2. The van der Waals surface area contributed by atoms with Gasteiger partial charge in [-0.2, -0.15) is 0 Å². The van der Waals surface area contributed by atoms with Gasteiger partial charge in [0.05, 0.1) is 22.2 Å². The van der Waals surface area contributed by atoms with Crippen molar-refractivity contribution in [3.05, 3.63) is 23.2 Å². The van der Waals surface area contributed by atoms with Crippen LogP contribution in [-0.4, -0.2) is 26.6 Å². The highest BCUT2D eigenvalue weighted by atomic mass is 35.5. The smallest absolute Gasteiger partial charge is 0.235 e. The number of amides is 1. The monoisotopic (exact) mass is 370 g/mol. The summed E-state index contributed by atoms with van der Waals surface area (Å²) in [5.74, 6) is 0.467. The molecule has 1 unspecified atom stereocenters. The highest BCUT2D eigenvalue weighted by Gasteiger charge is 2.30. The van der Waals surface area contributed by atoms with Crippen molar-refractivity contribution >= 4 is 38.9 Å². The first-order valence-corrected chi connectivity index (χ1v) is 10.5. The molecule has 1 aliphatic heterocycles. The Kier molecular flexibility index (Phi) is 5.06. The molecule has 7 heteroatoms. The fourth-order valence-corrected chi connectivity index (χ4v) is 5.33. The number of benzene rings is 1. The standard InChI is InChI=1S/C17H23ClN2O3S/c1-12(13-5-2-3-6-13)17(21)19-16-11-14(7-8-15(16)18)20-9-4-10-24(20,22)23/h7-8,11-13H,2-6,9-10H2,1H3,(H,19,21). The average Bonchev–Trinajstić information content (AvgIpc) is 3.18. The summed E-state index contributed by atoms with van der Waals surface area (Å²) in [7, 11) is -3.25. The van der Waals surface area contributed by atoms with E-state index in [1.807, 2.05) is 6.92 Å². The predicted molar refractivity (Wildman–Crippen MR) is 97.0 cm³/mol. The topological polar surface area (TPSA) is 66.5 Å². The number of rotatable bonds is 4. The minimum atomic E-state index is -3.25. The second kappa shape index (κ2) is 6.92. The van der Waals surface area contributed by atoms with Crippen LogP contribution in [0.2, 0.25) is 5.02 Å². The highest BCUT2D eigenvalue weighted by molar-refractivity contribution is 7.93. The van der Waals surface area contributed by atoms with Gasteiger partial charge in [0, 0.05) is 12.5 Å². The number of nitrogens with one attached hydrogen (secondary N) is 1. The molecule has 0 aromatic heterocycles. The van der Waals surface area contributed by atoms with E-state index < -0.39 is 10.0 Å². The number of nitrogens with zero attached hydrogens (tertiary/aromatic N) is 1. The van der Waals surface area contributed by atoms with Crippen molar-refractivity contribution in [3.8, 4) is 0 Å². The number of hydrogen-bond acceptors (Lipinski definition) is 3. The molecule has 2 aliphatic rings. The van der Waals surface area contributed by atoms with Gasteiger partial charge in [-0.15, -0.1) is 0 Å². The predicted octanol–water partition coefficient (Wildman–Crippen LogP) is 3.64. The van der Waals surface area contributed by atoms with Crippen LogP contribution in [0, 0.1) is 11.8 Å². The van der Waals surface area contributed by atoms with E-state index in [0.717, 1.165) is 12.8 Å². The zero-order valence-corrected chi connectivity index (χ0v) is 15.4. The van der Waals surface area contributed by atoms with E-state index in [1.165, 1.54) is 17.1 Å². The quantitative estimate of drug-likeness (QED) is 0.879. The SMILES string of the molecule is CC(C(=O)Nc1cc(N2CCCS2(=O)=O)ccc1Cl)C1CCCC1. The number of halogens is 1. The van der Waals surface area contributed by atoms with E-state index in [-0.39, 0.29) is 17.6 Å². The summed E-state index contributed by atoms with van der Waals surface area (Å²) in [4.78, 5) is 12.5. The van der Waals surface area contributed by atoms with Crippen LogP contribution >= 0.6 is 11.6 Å². The molecule has 3 rings (SSSR count). The van der Waals surface area contributed by atoms with Gasteiger partial charge in [-0.25, -0.2) is 8.42 Å². The fraction of sp³-hybridized carbons (Fsp3) is 0.588. The maximum absolute atomic E-state index is 12.5. The lowest BCUT2D eigenvalue weighted by Gasteiger charge is -2.21. The molecule has 1 N–H and O–H groups in total. The summed E-state index contributed by atoms with van der Waals surface area (Å²) >= 11 is 6.20. The molecule has 5 nitrogen and oxygen atoms in total. The average molecular weight is 371 g/mol. The van der Waals surface area contributed by atoms with Crippen molar-refractivity contribution in [1.29, 1.82) is 0 Å². The van der Waals surface area contributed by atoms with E-state index in [0.29, 0.717) is 35.3 Å².